The number of para-hydroxylation sites is 2. The van der Waals surface area contributed by atoms with Crippen LogP contribution >= 0.6 is 0 Å². The normalized spacial score (nSPS) is 22.1. The molecule has 0 N–H and O–H groups in total. The van der Waals surface area contributed by atoms with E-state index in [1.807, 2.05) is 97.1 Å². The monoisotopic (exact) mass is 543 g/mol. The second-order valence-electron chi connectivity index (χ2n) is 10.1. The highest BCUT2D eigenvalue weighted by Crippen LogP contribution is 2.55. The molecular weight excluding hydrogens is 514 g/mol. The topological polar surface area (TPSA) is 79.3 Å². The number of piperidine rings is 1. The lowest BCUT2D eigenvalue weighted by Gasteiger charge is -2.49. The molecule has 0 unspecified atom stereocenters. The Morgan fingerprint density at radius 3 is 1.93 bits per heavy atom. The number of anilines is 2. The molecular formula is C34H29N3O4. The summed E-state index contributed by atoms with van der Waals surface area (Å²) in [6.07, 6.45) is -0.00492. The Hall–Kier alpha value is -5.04. The molecule has 1 spiro atoms. The van der Waals surface area contributed by atoms with Crippen LogP contribution in [0.25, 0.3) is 0 Å². The average Bonchev–Trinajstić information content (AvgIpc) is 3.32. The number of carbonyl (C=O) groups is 3. The molecule has 7 heteroatoms. The van der Waals surface area contributed by atoms with E-state index in [-0.39, 0.29) is 24.8 Å². The summed E-state index contributed by atoms with van der Waals surface area (Å²) in [7, 11) is 0. The van der Waals surface area contributed by atoms with Gasteiger partial charge in [0.2, 0.25) is 5.91 Å². The van der Waals surface area contributed by atoms with Gasteiger partial charge in [-0.15, -0.1) is 0 Å². The predicted octanol–water partition coefficient (Wildman–Crippen LogP) is 5.58. The Morgan fingerprint density at radius 2 is 1.34 bits per heavy atom. The van der Waals surface area contributed by atoms with Gasteiger partial charge in [0.1, 0.15) is 5.41 Å². The van der Waals surface area contributed by atoms with Gasteiger partial charge in [0.25, 0.3) is 5.91 Å². The van der Waals surface area contributed by atoms with E-state index >= 15 is 4.79 Å². The van der Waals surface area contributed by atoms with E-state index in [0.717, 1.165) is 5.56 Å². The minimum absolute atomic E-state index is 0.00492. The third-order valence-corrected chi connectivity index (χ3v) is 7.82. The summed E-state index contributed by atoms with van der Waals surface area (Å²) in [4.78, 5) is 44.8. The van der Waals surface area contributed by atoms with Crippen LogP contribution in [0.4, 0.5) is 11.4 Å². The summed E-state index contributed by atoms with van der Waals surface area (Å²) >= 11 is 0. The van der Waals surface area contributed by atoms with Crippen molar-refractivity contribution in [3.05, 3.63) is 132 Å². The summed E-state index contributed by atoms with van der Waals surface area (Å²) < 4.78 is 5.67. The number of esters is 1. The molecule has 7 nitrogen and oxygen atoms in total. The van der Waals surface area contributed by atoms with Crippen LogP contribution in [0, 0.1) is 5.41 Å². The first-order chi connectivity index (χ1) is 20.1. The molecule has 4 aromatic carbocycles. The van der Waals surface area contributed by atoms with E-state index in [1.165, 1.54) is 9.91 Å². The largest absolute Gasteiger partial charge is 0.464 e. The summed E-state index contributed by atoms with van der Waals surface area (Å²) in [5.41, 5.74) is 1.38. The maximum absolute atomic E-state index is 15.1. The molecule has 1 saturated heterocycles. The van der Waals surface area contributed by atoms with Crippen molar-refractivity contribution in [1.82, 2.24) is 0 Å². The van der Waals surface area contributed by atoms with Crippen LogP contribution in [0.1, 0.15) is 30.4 Å². The van der Waals surface area contributed by atoms with E-state index in [2.05, 4.69) is 0 Å². The van der Waals surface area contributed by atoms with Gasteiger partial charge >= 0.3 is 5.97 Å². The third-order valence-electron chi connectivity index (χ3n) is 7.82. The third kappa shape index (κ3) is 4.30. The Labute approximate surface area is 238 Å². The highest BCUT2D eigenvalue weighted by atomic mass is 16.5. The van der Waals surface area contributed by atoms with Gasteiger partial charge in [0.05, 0.1) is 18.0 Å². The zero-order valence-corrected chi connectivity index (χ0v) is 22.6. The van der Waals surface area contributed by atoms with Gasteiger partial charge in [-0.3, -0.25) is 14.5 Å². The molecule has 6 rings (SSSR count). The molecule has 0 aliphatic carbocycles. The minimum Gasteiger partial charge on any atom is -0.464 e. The first-order valence-corrected chi connectivity index (χ1v) is 13.7. The SMILES string of the molecule is CCOC(=O)[C@H]1N(c2ccccc2)C(=O)C[C@H](c2ccccc2)[C@]12C(=O)N(c1ccccc1)N=C2c1ccccc1. The van der Waals surface area contributed by atoms with Crippen molar-refractivity contribution in [1.29, 1.82) is 0 Å². The zero-order chi connectivity index (χ0) is 28.4. The molecule has 1 fully saturated rings. The van der Waals surface area contributed by atoms with Gasteiger partial charge in [0, 0.05) is 18.0 Å². The number of benzene rings is 4. The highest BCUT2D eigenvalue weighted by molar-refractivity contribution is 6.29. The molecule has 204 valence electrons. The molecule has 2 heterocycles. The van der Waals surface area contributed by atoms with Crippen molar-refractivity contribution >= 4 is 34.9 Å². The van der Waals surface area contributed by atoms with Gasteiger partial charge in [-0.25, -0.2) is 4.79 Å². The first-order valence-electron chi connectivity index (χ1n) is 13.7. The van der Waals surface area contributed by atoms with Crippen molar-refractivity contribution in [2.45, 2.75) is 25.3 Å². The fourth-order valence-corrected chi connectivity index (χ4v) is 6.13. The molecule has 2 aliphatic rings. The number of rotatable bonds is 6. The molecule has 2 aliphatic heterocycles. The second kappa shape index (κ2) is 10.8. The van der Waals surface area contributed by atoms with Gasteiger partial charge in [-0.2, -0.15) is 10.1 Å². The average molecular weight is 544 g/mol. The molecule has 0 radical (unpaired) electrons. The number of hydrogen-bond acceptors (Lipinski definition) is 5. The second-order valence-corrected chi connectivity index (χ2v) is 10.1. The van der Waals surface area contributed by atoms with Crippen LogP contribution in [0.2, 0.25) is 0 Å². The van der Waals surface area contributed by atoms with Gasteiger partial charge in [0.15, 0.2) is 6.04 Å². The van der Waals surface area contributed by atoms with E-state index in [0.29, 0.717) is 22.6 Å². The fourth-order valence-electron chi connectivity index (χ4n) is 6.13. The van der Waals surface area contributed by atoms with E-state index < -0.39 is 23.3 Å². The molecule has 2 amide bonds. The standard InChI is InChI=1S/C34H29N3O4/c1-2-41-32(39)31-34(28(24-15-7-3-8-16-24)23-29(38)36(31)26-19-11-5-12-20-26)30(25-17-9-4-10-18-25)35-37(33(34)40)27-21-13-6-14-22-27/h3-22,28,31H,2,23H2,1H3/t28-,31-,34-/m1/s1. The fraction of sp³-hybridized carbons (Fsp3) is 0.176. The van der Waals surface area contributed by atoms with Gasteiger partial charge < -0.3 is 4.74 Å². The Bertz CT molecular complexity index is 1590. The summed E-state index contributed by atoms with van der Waals surface area (Å²) in [6, 6.07) is 35.7. The van der Waals surface area contributed by atoms with E-state index in [1.54, 1.807) is 31.2 Å². The predicted molar refractivity (Wildman–Crippen MR) is 157 cm³/mol. The van der Waals surface area contributed by atoms with Gasteiger partial charge in [-0.1, -0.05) is 97.1 Å². The maximum atomic E-state index is 15.1. The molecule has 0 aromatic heterocycles. The quantitative estimate of drug-likeness (QED) is 0.298. The smallest absolute Gasteiger partial charge is 0.330 e. The van der Waals surface area contributed by atoms with Crippen LogP contribution < -0.4 is 9.91 Å². The summed E-state index contributed by atoms with van der Waals surface area (Å²) in [6.45, 7) is 1.81. The van der Waals surface area contributed by atoms with Crippen molar-refractivity contribution < 1.29 is 19.1 Å². The van der Waals surface area contributed by atoms with Crippen molar-refractivity contribution in [2.75, 3.05) is 16.5 Å². The minimum atomic E-state index is -1.59. The molecule has 0 bridgehead atoms. The van der Waals surface area contributed by atoms with E-state index in [4.69, 9.17) is 9.84 Å². The lowest BCUT2D eigenvalue weighted by molar-refractivity contribution is -0.153. The number of nitrogens with zero attached hydrogens (tertiary/aromatic N) is 3. The molecule has 0 saturated carbocycles. The zero-order valence-electron chi connectivity index (χ0n) is 22.6. The van der Waals surface area contributed by atoms with Crippen molar-refractivity contribution in [3.63, 3.8) is 0 Å². The van der Waals surface area contributed by atoms with Crippen LogP contribution in [-0.4, -0.2) is 36.1 Å². The number of ether oxygens (including phenoxy) is 1. The molecule has 4 aromatic rings. The van der Waals surface area contributed by atoms with Crippen LogP contribution in [-0.2, 0) is 19.1 Å². The number of hydrazone groups is 1. The first kappa shape index (κ1) is 26.2. The van der Waals surface area contributed by atoms with E-state index in [9.17, 15) is 9.59 Å². The Morgan fingerprint density at radius 1 is 0.805 bits per heavy atom. The molecule has 41 heavy (non-hydrogen) atoms. The lowest BCUT2D eigenvalue weighted by Crippen LogP contribution is -2.67. The number of carbonyl (C=O) groups excluding carboxylic acids is 3. The van der Waals surface area contributed by atoms with Crippen LogP contribution in [0.5, 0.6) is 0 Å². The van der Waals surface area contributed by atoms with Crippen LogP contribution in [0.15, 0.2) is 126 Å². The Kier molecular flexibility index (Phi) is 6.93. The lowest BCUT2D eigenvalue weighted by atomic mass is 9.59. The number of amides is 2. The molecule has 3 atom stereocenters. The maximum Gasteiger partial charge on any atom is 0.330 e. The summed E-state index contributed by atoms with van der Waals surface area (Å²) in [5.74, 6) is -2.00. The Balaban J connectivity index is 1.69. The van der Waals surface area contributed by atoms with Gasteiger partial charge in [-0.05, 0) is 42.3 Å². The van der Waals surface area contributed by atoms with Crippen LogP contribution in [0.3, 0.4) is 0 Å². The number of hydrogen-bond donors (Lipinski definition) is 0. The van der Waals surface area contributed by atoms with Crippen molar-refractivity contribution in [3.8, 4) is 0 Å². The van der Waals surface area contributed by atoms with Crippen molar-refractivity contribution in [2.24, 2.45) is 10.5 Å². The highest BCUT2D eigenvalue weighted by Gasteiger charge is 2.69. The summed E-state index contributed by atoms with van der Waals surface area (Å²) in [5, 5.41) is 6.34.